The van der Waals surface area contributed by atoms with E-state index in [-0.39, 0.29) is 38.0 Å². The van der Waals surface area contributed by atoms with Crippen molar-refractivity contribution < 1.29 is 26.9 Å². The van der Waals surface area contributed by atoms with Gasteiger partial charge in [-0.05, 0) is 90.3 Å². The maximum Gasteiger partial charge on any atom is 0.251 e. The van der Waals surface area contributed by atoms with Crippen molar-refractivity contribution in [2.75, 3.05) is 36.1 Å². The van der Waals surface area contributed by atoms with Crippen LogP contribution >= 0.6 is 0 Å². The minimum atomic E-state index is -0.184. The molecular formula is C77H75N23O4. The fraction of sp³-hybridized carbons (Fsp3) is 0.0779. The summed E-state index contributed by atoms with van der Waals surface area (Å²) in [7, 11) is 0. The number of nitrogens with zero attached hydrogens (tertiary/aromatic N) is 13. The number of hydrogen-bond donors (Lipinski definition) is 12. The Morgan fingerprint density at radius 1 is 0.442 bits per heavy atom. The number of aromatic nitrogens is 16. The lowest BCUT2D eigenvalue weighted by molar-refractivity contribution is -0.119. The second-order valence-electron chi connectivity index (χ2n) is 23.4. The summed E-state index contributed by atoms with van der Waals surface area (Å²) in [5, 5.41) is 32.7. The summed E-state index contributed by atoms with van der Waals surface area (Å²) in [6.07, 6.45) is 6.98. The molecule has 16 aromatic rings. The second kappa shape index (κ2) is 31.2. The molecule has 0 radical (unpaired) electrons. The Hall–Kier alpha value is -14.5. The van der Waals surface area contributed by atoms with E-state index < -0.39 is 0 Å². The molecule has 0 spiro atoms. The summed E-state index contributed by atoms with van der Waals surface area (Å²) < 4.78 is 0. The van der Waals surface area contributed by atoms with Gasteiger partial charge in [-0.25, -0.2) is 59.8 Å². The second-order valence-corrected chi connectivity index (χ2v) is 23.4. The predicted octanol–water partition coefficient (Wildman–Crippen LogP) is 12.4. The molecule has 0 aliphatic carbocycles. The van der Waals surface area contributed by atoms with Crippen LogP contribution in [0.4, 0.5) is 23.3 Å². The van der Waals surface area contributed by atoms with Crippen LogP contribution in [0.25, 0.3) is 135 Å². The predicted molar refractivity (Wildman–Crippen MR) is 411 cm³/mol. The fourth-order valence-corrected chi connectivity index (χ4v) is 10.9. The van der Waals surface area contributed by atoms with E-state index in [9.17, 15) is 14.7 Å². The van der Waals surface area contributed by atoms with Crippen LogP contribution in [0.3, 0.4) is 0 Å². The Labute approximate surface area is 600 Å². The maximum atomic E-state index is 12.1. The summed E-state index contributed by atoms with van der Waals surface area (Å²) in [5.41, 5.74) is 42.0. The first-order valence-corrected chi connectivity index (χ1v) is 32.6. The summed E-state index contributed by atoms with van der Waals surface area (Å²) in [5.74, 6) is 3.28. The highest BCUT2D eigenvalue weighted by Crippen LogP contribution is 2.32. The molecule has 0 unspecified atom stereocenters. The van der Waals surface area contributed by atoms with E-state index in [0.29, 0.717) is 117 Å². The molecule has 0 atom stereocenters. The zero-order valence-electron chi connectivity index (χ0n) is 55.7. The number of para-hydroxylation sites is 8. The average molecular weight is 1390 g/mol. The van der Waals surface area contributed by atoms with E-state index in [1.54, 1.807) is 49.1 Å². The van der Waals surface area contributed by atoms with Crippen molar-refractivity contribution >= 4 is 79.2 Å². The van der Waals surface area contributed by atoms with E-state index in [1.165, 1.54) is 6.92 Å². The first-order valence-electron chi connectivity index (χ1n) is 32.6. The van der Waals surface area contributed by atoms with Crippen LogP contribution in [0.5, 0.6) is 0 Å². The first kappa shape index (κ1) is 68.1. The van der Waals surface area contributed by atoms with Crippen molar-refractivity contribution in [2.24, 2.45) is 0 Å². The quantitative estimate of drug-likeness (QED) is 0.0424. The van der Waals surface area contributed by atoms with Crippen LogP contribution in [0.1, 0.15) is 47.5 Å². The molecule has 16 N–H and O–H groups in total. The summed E-state index contributed by atoms with van der Waals surface area (Å²) in [6.45, 7) is 2.40. The van der Waals surface area contributed by atoms with Crippen molar-refractivity contribution in [3.05, 3.63) is 241 Å². The third kappa shape index (κ3) is 15.7. The minimum absolute atomic E-state index is 0. The van der Waals surface area contributed by atoms with Gasteiger partial charge in [0, 0.05) is 61.6 Å². The highest BCUT2D eigenvalue weighted by molar-refractivity contribution is 5.95. The minimum Gasteiger partial charge on any atom is -0.396 e. The van der Waals surface area contributed by atoms with E-state index in [4.69, 9.17) is 33.3 Å². The lowest BCUT2D eigenvalue weighted by atomic mass is 10.1. The maximum absolute atomic E-state index is 12.1. The Morgan fingerprint density at radius 2 is 0.798 bits per heavy atom. The summed E-state index contributed by atoms with van der Waals surface area (Å²) in [6, 6.07) is 62.5. The van der Waals surface area contributed by atoms with Crippen LogP contribution in [-0.2, 0) is 17.9 Å². The normalized spacial score (nSPS) is 10.9. The highest BCUT2D eigenvalue weighted by atomic mass is 16.3. The number of benzene rings is 8. The molecule has 0 saturated carbocycles. The molecule has 104 heavy (non-hydrogen) atoms. The molecule has 0 fully saturated rings. The van der Waals surface area contributed by atoms with Crippen molar-refractivity contribution in [3.63, 3.8) is 0 Å². The molecule has 0 aliphatic rings. The van der Waals surface area contributed by atoms with Gasteiger partial charge in [-0.15, -0.1) is 0 Å². The molecule has 0 saturated heterocycles. The number of fused-ring (bicyclic) bond motifs is 4. The van der Waals surface area contributed by atoms with E-state index in [0.717, 1.165) is 77.5 Å². The molecule has 8 aromatic heterocycles. The number of imidazole rings is 4. The van der Waals surface area contributed by atoms with Gasteiger partial charge in [-0.1, -0.05) is 121 Å². The van der Waals surface area contributed by atoms with Gasteiger partial charge in [0.2, 0.25) is 5.91 Å². The van der Waals surface area contributed by atoms with Gasteiger partial charge in [-0.3, -0.25) is 9.59 Å². The molecule has 2 amide bonds. The number of hydrogen-bond acceptors (Lipinski definition) is 21. The number of nitrogen functional groups attached to an aromatic ring is 4. The summed E-state index contributed by atoms with van der Waals surface area (Å²) >= 11 is 0. The van der Waals surface area contributed by atoms with Gasteiger partial charge >= 0.3 is 0 Å². The van der Waals surface area contributed by atoms with Gasteiger partial charge in [0.15, 0.2) is 46.6 Å². The van der Waals surface area contributed by atoms with Crippen molar-refractivity contribution in [1.29, 1.82) is 5.26 Å². The van der Waals surface area contributed by atoms with E-state index in [1.807, 2.05) is 170 Å². The van der Waals surface area contributed by atoms with Crippen molar-refractivity contribution in [2.45, 2.75) is 26.5 Å². The zero-order chi connectivity index (χ0) is 72.1. The molecule has 0 aliphatic heterocycles. The molecule has 16 rings (SSSR count). The number of aliphatic hydroxyl groups is 2. The number of amides is 2. The molecule has 27 heteroatoms. The smallest absolute Gasteiger partial charge is 0.251 e. The van der Waals surface area contributed by atoms with Crippen LogP contribution in [-0.4, -0.2) is 115 Å². The SMILES string of the molecule is CC(=O)NCc1ccc(-c2cnc(N)c(-c3nc4ccccc4[nH]3)n2)cc1.N#Cc1ccc(-c2cnc(N)c(-c3nc4ccccc4[nH]3)n2)cc1.Nc1ncc(-c2ccc(C(=O)NCCCO)cc2)nc1-c1nc2ccccc2[nH]1.Nc1ncc(-c2ccccc2CO)nc1-c1nc2ccccc2[nH]1.[HH].[HH].[HH].[HH].[HH]. The number of anilines is 4. The van der Waals surface area contributed by atoms with Crippen LogP contribution in [0.2, 0.25) is 0 Å². The number of carbonyl (C=O) groups is 2. The number of nitrogens with two attached hydrogens (primary N) is 4. The highest BCUT2D eigenvalue weighted by Gasteiger charge is 2.19. The van der Waals surface area contributed by atoms with Crippen molar-refractivity contribution in [1.82, 2.24) is 90.4 Å². The van der Waals surface area contributed by atoms with Crippen molar-refractivity contribution in [3.8, 4) is 97.2 Å². The lowest BCUT2D eigenvalue weighted by Crippen LogP contribution is -2.24. The lowest BCUT2D eigenvalue weighted by Gasteiger charge is -2.08. The van der Waals surface area contributed by atoms with E-state index in [2.05, 4.69) is 96.4 Å². The number of rotatable bonds is 15. The standard InChI is InChI=1S/C21H20N6O2.C20H18N6O.C18H12N6.C18H15N5O.5H2/c22-19-18(20-26-15-4-1-2-5-16(15)27-20)25-17(12-24-19)13-6-8-14(9-7-13)21(29)23-10-3-11-28;1-12(27)22-10-13-6-8-14(9-7-13)17-11-23-19(21)18(24-17)20-25-15-4-2-3-5-16(15)26-20;19-9-11-5-7-12(8-6-11)15-10-21-17(20)16(22-15)18-23-13-3-1-2-4-14(13)24-18;19-17-16(18-22-13-7-3-4-8-14(13)23-18)21-15(9-20-17)12-6-2-1-5-11(12)10-24;;;;;/h1-2,4-9,12,28H,3,10-11H2,(H2,22,24)(H,23,29)(H,26,27);2-9,11H,10H2,1H3,(H2,21,23)(H,22,27)(H,25,26);1-8,10H,(H2,20,21)(H,23,24);1-9,24H,10H2,(H2,19,20)(H,22,23);5*1H. The first-order chi connectivity index (χ1) is 50.7. The fourth-order valence-electron chi connectivity index (χ4n) is 10.9. The Morgan fingerprint density at radius 3 is 1.17 bits per heavy atom. The average Bonchev–Trinajstić information content (AvgIpc) is 1.61. The third-order valence-electron chi connectivity index (χ3n) is 16.3. The van der Waals surface area contributed by atoms with Crippen LogP contribution in [0, 0.1) is 11.3 Å². The number of nitriles is 1. The Kier molecular flexibility index (Phi) is 20.4. The largest absolute Gasteiger partial charge is 0.396 e. The number of nitrogens with one attached hydrogen (secondary N) is 6. The topological polar surface area (TPSA) is 444 Å². The molecule has 522 valence electrons. The molecule has 0 bridgehead atoms. The van der Waals surface area contributed by atoms with Gasteiger partial charge in [-0.2, -0.15) is 5.26 Å². The van der Waals surface area contributed by atoms with E-state index >= 15 is 0 Å². The molecule has 8 heterocycles. The Bertz CT molecular complexity index is 5690. The zero-order valence-corrected chi connectivity index (χ0v) is 55.7. The number of H-pyrrole nitrogens is 4. The summed E-state index contributed by atoms with van der Waals surface area (Å²) in [4.78, 5) is 89.7. The Balaban J connectivity index is 0.000000181. The van der Waals surface area contributed by atoms with Gasteiger partial charge in [0.05, 0.1) is 110 Å². The van der Waals surface area contributed by atoms with Crippen LogP contribution in [0.15, 0.2) is 219 Å². The number of aromatic amines is 4. The number of aliphatic hydroxyl groups excluding tert-OH is 2. The van der Waals surface area contributed by atoms with Crippen LogP contribution < -0.4 is 33.6 Å². The van der Waals surface area contributed by atoms with Gasteiger partial charge < -0.3 is 63.7 Å². The monoisotopic (exact) mass is 1390 g/mol. The third-order valence-corrected chi connectivity index (χ3v) is 16.3. The van der Waals surface area contributed by atoms with Gasteiger partial charge in [0.1, 0.15) is 22.8 Å². The molecular weight excluding hydrogens is 1310 g/mol. The number of carbonyl (C=O) groups excluding carboxylic acids is 2. The molecule has 27 nitrogen and oxygen atoms in total. The van der Waals surface area contributed by atoms with Gasteiger partial charge in [0.25, 0.3) is 5.91 Å². The molecule has 8 aromatic carbocycles.